The van der Waals surface area contributed by atoms with Gasteiger partial charge in [0, 0.05) is 12.6 Å². The van der Waals surface area contributed by atoms with Crippen molar-refractivity contribution in [3.63, 3.8) is 0 Å². The summed E-state index contributed by atoms with van der Waals surface area (Å²) in [5.41, 5.74) is 0.407. The van der Waals surface area contributed by atoms with Crippen LogP contribution in [0.5, 0.6) is 5.88 Å². The molecule has 1 heterocycles. The first-order valence-corrected chi connectivity index (χ1v) is 5.11. The van der Waals surface area contributed by atoms with Crippen LogP contribution in [0.3, 0.4) is 0 Å². The average Bonchev–Trinajstić information content (AvgIpc) is 2.18. The second-order valence-corrected chi connectivity index (χ2v) is 3.70. The second kappa shape index (κ2) is 5.44. The van der Waals surface area contributed by atoms with E-state index in [4.69, 9.17) is 4.74 Å². The fraction of sp³-hybridized carbons (Fsp3) is 0.545. The highest BCUT2D eigenvalue weighted by Gasteiger charge is 2.08. The number of aromatic nitrogens is 2. The second-order valence-electron chi connectivity index (χ2n) is 3.70. The summed E-state index contributed by atoms with van der Waals surface area (Å²) in [6, 6.07) is 0. The molecule has 0 aromatic carbocycles. The number of hydrogen-bond acceptors (Lipinski definition) is 4. The zero-order chi connectivity index (χ0) is 11.3. The van der Waals surface area contributed by atoms with Crippen LogP contribution >= 0.6 is 0 Å². The molecule has 4 nitrogen and oxygen atoms in total. The molecule has 0 aliphatic rings. The van der Waals surface area contributed by atoms with Gasteiger partial charge in [-0.25, -0.2) is 4.98 Å². The normalized spacial score (nSPS) is 10.4. The van der Waals surface area contributed by atoms with Crippen LogP contribution in [0.2, 0.25) is 0 Å². The number of aldehydes is 1. The van der Waals surface area contributed by atoms with E-state index in [0.29, 0.717) is 30.3 Å². The zero-order valence-electron chi connectivity index (χ0n) is 9.36. The van der Waals surface area contributed by atoms with Crippen molar-refractivity contribution in [2.24, 2.45) is 5.92 Å². The van der Waals surface area contributed by atoms with Crippen molar-refractivity contribution in [1.29, 1.82) is 0 Å². The third-order valence-corrected chi connectivity index (χ3v) is 1.83. The molecule has 0 unspecified atom stereocenters. The number of ether oxygens (including phenoxy) is 1. The largest absolute Gasteiger partial charge is 0.477 e. The topological polar surface area (TPSA) is 52.1 Å². The van der Waals surface area contributed by atoms with Gasteiger partial charge < -0.3 is 4.74 Å². The van der Waals surface area contributed by atoms with E-state index in [2.05, 4.69) is 23.8 Å². The van der Waals surface area contributed by atoms with E-state index in [1.165, 1.54) is 6.20 Å². The predicted molar refractivity (Wildman–Crippen MR) is 57.1 cm³/mol. The van der Waals surface area contributed by atoms with Crippen LogP contribution in [0.1, 0.15) is 37.0 Å². The van der Waals surface area contributed by atoms with Gasteiger partial charge >= 0.3 is 0 Å². The fourth-order valence-electron chi connectivity index (χ4n) is 1.21. The lowest BCUT2D eigenvalue weighted by Gasteiger charge is -2.07. The Morgan fingerprint density at radius 1 is 1.53 bits per heavy atom. The lowest BCUT2D eigenvalue weighted by Crippen LogP contribution is -2.06. The molecule has 0 saturated carbocycles. The Bertz CT molecular complexity index is 337. The quantitative estimate of drug-likeness (QED) is 0.693. The Kier molecular flexibility index (Phi) is 4.21. The Morgan fingerprint density at radius 2 is 2.27 bits per heavy atom. The fourth-order valence-corrected chi connectivity index (χ4v) is 1.21. The van der Waals surface area contributed by atoms with Gasteiger partial charge in [-0.1, -0.05) is 13.8 Å². The first-order valence-electron chi connectivity index (χ1n) is 5.11. The van der Waals surface area contributed by atoms with E-state index < -0.39 is 0 Å². The van der Waals surface area contributed by atoms with Gasteiger partial charge in [0.15, 0.2) is 6.29 Å². The third kappa shape index (κ3) is 3.31. The summed E-state index contributed by atoms with van der Waals surface area (Å²) in [6.07, 6.45) is 3.02. The summed E-state index contributed by atoms with van der Waals surface area (Å²) in [6.45, 7) is 6.55. The smallest absolute Gasteiger partial charge is 0.227 e. The van der Waals surface area contributed by atoms with Gasteiger partial charge in [-0.3, -0.25) is 4.79 Å². The van der Waals surface area contributed by atoms with E-state index in [-0.39, 0.29) is 0 Å². The molecule has 15 heavy (non-hydrogen) atoms. The van der Waals surface area contributed by atoms with Crippen LogP contribution in [0, 0.1) is 5.92 Å². The Labute approximate surface area is 89.7 Å². The third-order valence-electron chi connectivity index (χ3n) is 1.83. The van der Waals surface area contributed by atoms with Crippen LogP contribution in [0.15, 0.2) is 6.20 Å². The minimum Gasteiger partial charge on any atom is -0.477 e. The van der Waals surface area contributed by atoms with Gasteiger partial charge in [0.05, 0.1) is 12.2 Å². The number of rotatable bonds is 5. The molecule has 1 rings (SSSR count). The van der Waals surface area contributed by atoms with Crippen LogP contribution in [0.4, 0.5) is 0 Å². The number of carbonyl (C=O) groups excluding carboxylic acids is 1. The molecule has 0 atom stereocenters. The van der Waals surface area contributed by atoms with Gasteiger partial charge in [0.2, 0.25) is 5.88 Å². The number of hydrogen-bond donors (Lipinski definition) is 0. The van der Waals surface area contributed by atoms with E-state index >= 15 is 0 Å². The van der Waals surface area contributed by atoms with Gasteiger partial charge in [-0.05, 0) is 12.8 Å². The Hall–Kier alpha value is -1.45. The molecule has 0 saturated heterocycles. The summed E-state index contributed by atoms with van der Waals surface area (Å²) in [4.78, 5) is 19.0. The number of nitrogens with zero attached hydrogens (tertiary/aromatic N) is 2. The van der Waals surface area contributed by atoms with E-state index in [0.717, 1.165) is 12.2 Å². The molecule has 0 aliphatic carbocycles. The maximum Gasteiger partial charge on any atom is 0.227 e. The van der Waals surface area contributed by atoms with Crippen molar-refractivity contribution < 1.29 is 9.53 Å². The van der Waals surface area contributed by atoms with E-state index in [9.17, 15) is 4.79 Å². The molecule has 82 valence electrons. The minimum absolute atomic E-state index is 0.387. The highest BCUT2D eigenvalue weighted by molar-refractivity contribution is 5.77. The van der Waals surface area contributed by atoms with Crippen molar-refractivity contribution in [2.75, 3.05) is 6.61 Å². The maximum atomic E-state index is 10.7. The van der Waals surface area contributed by atoms with Gasteiger partial charge in [0.25, 0.3) is 0 Å². The predicted octanol–water partition coefficient (Wildman–Crippen LogP) is 1.89. The molecule has 1 aromatic heterocycles. The highest BCUT2D eigenvalue weighted by atomic mass is 16.5. The monoisotopic (exact) mass is 208 g/mol. The van der Waals surface area contributed by atoms with Crippen LogP contribution in [-0.2, 0) is 6.42 Å². The molecular formula is C11H16N2O2. The van der Waals surface area contributed by atoms with Crippen LogP contribution in [-0.4, -0.2) is 22.9 Å². The molecule has 0 radical (unpaired) electrons. The molecule has 0 N–H and O–H groups in total. The SMILES string of the molecule is CCOc1nc(CC(C)C)ncc1C=O. The first-order chi connectivity index (χ1) is 7.17. The average molecular weight is 208 g/mol. The molecule has 4 heteroatoms. The van der Waals surface area contributed by atoms with Crippen molar-refractivity contribution >= 4 is 6.29 Å². The van der Waals surface area contributed by atoms with E-state index in [1.807, 2.05) is 6.92 Å². The highest BCUT2D eigenvalue weighted by Crippen LogP contribution is 2.13. The summed E-state index contributed by atoms with van der Waals surface area (Å²) in [5, 5.41) is 0. The Morgan fingerprint density at radius 3 is 2.80 bits per heavy atom. The van der Waals surface area contributed by atoms with Crippen LogP contribution < -0.4 is 4.74 Å². The maximum absolute atomic E-state index is 10.7. The van der Waals surface area contributed by atoms with Gasteiger partial charge in [-0.15, -0.1) is 0 Å². The molecule has 0 amide bonds. The minimum atomic E-state index is 0.387. The van der Waals surface area contributed by atoms with Crippen molar-refractivity contribution in [3.8, 4) is 5.88 Å². The van der Waals surface area contributed by atoms with Crippen LogP contribution in [0.25, 0.3) is 0 Å². The van der Waals surface area contributed by atoms with Crippen molar-refractivity contribution in [2.45, 2.75) is 27.2 Å². The van der Waals surface area contributed by atoms with E-state index in [1.54, 1.807) is 0 Å². The zero-order valence-corrected chi connectivity index (χ0v) is 9.36. The Balaban J connectivity index is 2.93. The summed E-state index contributed by atoms with van der Waals surface area (Å²) < 4.78 is 5.27. The first kappa shape index (κ1) is 11.6. The summed E-state index contributed by atoms with van der Waals surface area (Å²) in [5.74, 6) is 1.60. The summed E-state index contributed by atoms with van der Waals surface area (Å²) >= 11 is 0. The molecule has 0 bridgehead atoms. The molecule has 1 aromatic rings. The molecule has 0 fully saturated rings. The van der Waals surface area contributed by atoms with Gasteiger partial charge in [-0.2, -0.15) is 4.98 Å². The van der Waals surface area contributed by atoms with Crippen molar-refractivity contribution in [3.05, 3.63) is 17.6 Å². The summed E-state index contributed by atoms with van der Waals surface area (Å²) in [7, 11) is 0. The number of carbonyl (C=O) groups is 1. The molecule has 0 aliphatic heterocycles. The van der Waals surface area contributed by atoms with Crippen molar-refractivity contribution in [1.82, 2.24) is 9.97 Å². The molecular weight excluding hydrogens is 192 g/mol. The van der Waals surface area contributed by atoms with Gasteiger partial charge in [0.1, 0.15) is 5.82 Å². The lowest BCUT2D eigenvalue weighted by molar-refractivity contribution is 0.111. The lowest BCUT2D eigenvalue weighted by atomic mass is 10.1. The standard InChI is InChI=1S/C11H16N2O2/c1-4-15-11-9(7-14)6-12-10(13-11)5-8(2)3/h6-8H,4-5H2,1-3H3. The molecule has 0 spiro atoms.